The lowest BCUT2D eigenvalue weighted by molar-refractivity contribution is -0.114. The minimum absolute atomic E-state index is 0.0766. The topological polar surface area (TPSA) is 73.2 Å². The van der Waals surface area contributed by atoms with Crippen molar-refractivity contribution < 1.29 is 9.59 Å². The van der Waals surface area contributed by atoms with Gasteiger partial charge in [0, 0.05) is 24.0 Å². The summed E-state index contributed by atoms with van der Waals surface area (Å²) in [4.78, 5) is 25.9. The first-order chi connectivity index (χ1) is 12.0. The quantitative estimate of drug-likeness (QED) is 0.821. The van der Waals surface area contributed by atoms with E-state index in [1.165, 1.54) is 6.92 Å². The van der Waals surface area contributed by atoms with E-state index in [1.54, 1.807) is 30.1 Å². The van der Waals surface area contributed by atoms with E-state index in [0.29, 0.717) is 16.8 Å². The molecule has 0 atom stereocenters. The molecule has 2 aromatic rings. The van der Waals surface area contributed by atoms with Gasteiger partial charge in [-0.05, 0) is 43.2 Å². The summed E-state index contributed by atoms with van der Waals surface area (Å²) in [7, 11) is 1.73. The van der Waals surface area contributed by atoms with E-state index >= 15 is 0 Å². The Morgan fingerprint density at radius 2 is 1.92 bits per heavy atom. The Balaban J connectivity index is 2.19. The number of ketones is 1. The normalized spacial score (nSPS) is 10.0. The molecule has 1 N–H and O–H groups in total. The average Bonchev–Trinajstić information content (AvgIpc) is 2.61. The molecule has 5 heteroatoms. The first kappa shape index (κ1) is 18.2. The number of benzene rings is 2. The molecule has 0 heterocycles. The highest BCUT2D eigenvalue weighted by molar-refractivity contribution is 6.01. The Bertz CT molecular complexity index is 837. The summed E-state index contributed by atoms with van der Waals surface area (Å²) in [6.07, 6.45) is 0.824. The molecule has 0 aromatic heterocycles. The molecular weight excluding hydrogens is 314 g/mol. The standard InChI is InChI=1S/C20H21N3O2/c1-4-16-7-5-6-8-18(16)22-20(25)13-23(3)19-11-15(12-21)9-10-17(19)14(2)24/h5-11H,4,13H2,1-3H3,(H,22,25). The van der Waals surface area contributed by atoms with Crippen molar-refractivity contribution in [1.29, 1.82) is 5.26 Å². The number of nitrogens with one attached hydrogen (secondary N) is 1. The SMILES string of the molecule is CCc1ccccc1NC(=O)CN(C)c1cc(C#N)ccc1C(C)=O. The number of hydrogen-bond acceptors (Lipinski definition) is 4. The molecule has 0 unspecified atom stereocenters. The molecule has 0 aliphatic rings. The van der Waals surface area contributed by atoms with Crippen molar-refractivity contribution in [2.45, 2.75) is 20.3 Å². The first-order valence-corrected chi connectivity index (χ1v) is 8.10. The van der Waals surface area contributed by atoms with E-state index in [9.17, 15) is 9.59 Å². The maximum absolute atomic E-state index is 12.4. The monoisotopic (exact) mass is 335 g/mol. The fourth-order valence-corrected chi connectivity index (χ4v) is 2.66. The highest BCUT2D eigenvalue weighted by atomic mass is 16.2. The fraction of sp³-hybridized carbons (Fsp3) is 0.250. The lowest BCUT2D eigenvalue weighted by atomic mass is 10.1. The van der Waals surface area contributed by atoms with Crippen molar-refractivity contribution in [2.24, 2.45) is 0 Å². The molecule has 2 rings (SSSR count). The number of carbonyl (C=O) groups is 2. The van der Waals surface area contributed by atoms with Crippen LogP contribution in [0.5, 0.6) is 0 Å². The minimum atomic E-state index is -0.180. The number of para-hydroxylation sites is 1. The lowest BCUT2D eigenvalue weighted by Crippen LogP contribution is -2.31. The number of nitrogens with zero attached hydrogens (tertiary/aromatic N) is 2. The third-order valence-electron chi connectivity index (χ3n) is 3.97. The van der Waals surface area contributed by atoms with Gasteiger partial charge in [-0.3, -0.25) is 9.59 Å². The van der Waals surface area contributed by atoms with Gasteiger partial charge in [0.2, 0.25) is 5.91 Å². The van der Waals surface area contributed by atoms with Crippen LogP contribution in [0.4, 0.5) is 11.4 Å². The van der Waals surface area contributed by atoms with Crippen molar-refractivity contribution >= 4 is 23.1 Å². The van der Waals surface area contributed by atoms with E-state index < -0.39 is 0 Å². The second-order valence-electron chi connectivity index (χ2n) is 5.81. The number of Topliss-reactive ketones (excluding diaryl/α,β-unsaturated/α-hetero) is 1. The second-order valence-corrected chi connectivity index (χ2v) is 5.81. The molecule has 25 heavy (non-hydrogen) atoms. The molecular formula is C20H21N3O2. The highest BCUT2D eigenvalue weighted by Gasteiger charge is 2.15. The van der Waals surface area contributed by atoms with Crippen molar-refractivity contribution in [3.63, 3.8) is 0 Å². The Kier molecular flexibility index (Phi) is 5.91. The lowest BCUT2D eigenvalue weighted by Gasteiger charge is -2.22. The Morgan fingerprint density at radius 1 is 1.20 bits per heavy atom. The van der Waals surface area contributed by atoms with Gasteiger partial charge in [0.05, 0.1) is 18.2 Å². The molecule has 0 fully saturated rings. The summed E-state index contributed by atoms with van der Waals surface area (Å²) in [6, 6.07) is 14.6. The van der Waals surface area contributed by atoms with Crippen LogP contribution >= 0.6 is 0 Å². The number of anilines is 2. The van der Waals surface area contributed by atoms with Crippen LogP contribution in [0.1, 0.15) is 35.3 Å². The maximum Gasteiger partial charge on any atom is 0.243 e. The predicted octanol–water partition coefficient (Wildman–Crippen LogP) is 3.40. The van der Waals surface area contributed by atoms with Gasteiger partial charge in [0.1, 0.15) is 0 Å². The van der Waals surface area contributed by atoms with Crippen molar-refractivity contribution in [1.82, 2.24) is 0 Å². The molecule has 2 aromatic carbocycles. The molecule has 5 nitrogen and oxygen atoms in total. The van der Waals surface area contributed by atoms with Gasteiger partial charge in [-0.25, -0.2) is 0 Å². The van der Waals surface area contributed by atoms with Crippen LogP contribution in [0.3, 0.4) is 0 Å². The smallest absolute Gasteiger partial charge is 0.243 e. The average molecular weight is 335 g/mol. The summed E-state index contributed by atoms with van der Waals surface area (Å²) in [6.45, 7) is 3.58. The van der Waals surface area contributed by atoms with Gasteiger partial charge in [-0.1, -0.05) is 25.1 Å². The number of likely N-dealkylation sites (N-methyl/N-ethyl adjacent to an activating group) is 1. The van der Waals surface area contributed by atoms with Gasteiger partial charge in [0.15, 0.2) is 5.78 Å². The second kappa shape index (κ2) is 8.11. The zero-order chi connectivity index (χ0) is 18.4. The minimum Gasteiger partial charge on any atom is -0.365 e. The zero-order valence-corrected chi connectivity index (χ0v) is 14.7. The van der Waals surface area contributed by atoms with Crippen molar-refractivity contribution in [3.05, 3.63) is 59.2 Å². The number of aryl methyl sites for hydroxylation is 1. The van der Waals surface area contributed by atoms with Crippen LogP contribution in [-0.2, 0) is 11.2 Å². The van der Waals surface area contributed by atoms with E-state index in [0.717, 1.165) is 17.7 Å². The van der Waals surface area contributed by atoms with Crippen LogP contribution in [0, 0.1) is 11.3 Å². The highest BCUT2D eigenvalue weighted by Crippen LogP contribution is 2.22. The molecule has 0 saturated heterocycles. The third-order valence-corrected chi connectivity index (χ3v) is 3.97. The van der Waals surface area contributed by atoms with E-state index in [-0.39, 0.29) is 18.2 Å². The summed E-state index contributed by atoms with van der Waals surface area (Å²) in [5, 5.41) is 12.0. The molecule has 0 aliphatic carbocycles. The zero-order valence-electron chi connectivity index (χ0n) is 14.7. The number of amides is 1. The fourth-order valence-electron chi connectivity index (χ4n) is 2.66. The Hall–Kier alpha value is -3.13. The van der Waals surface area contributed by atoms with Gasteiger partial charge in [-0.15, -0.1) is 0 Å². The summed E-state index contributed by atoms with van der Waals surface area (Å²) < 4.78 is 0. The summed E-state index contributed by atoms with van der Waals surface area (Å²) in [5.74, 6) is -0.289. The van der Waals surface area contributed by atoms with Crippen molar-refractivity contribution in [2.75, 3.05) is 23.8 Å². The van der Waals surface area contributed by atoms with E-state index in [4.69, 9.17) is 5.26 Å². The maximum atomic E-state index is 12.4. The number of hydrogen-bond donors (Lipinski definition) is 1. The molecule has 128 valence electrons. The summed E-state index contributed by atoms with van der Waals surface area (Å²) in [5.41, 5.74) is 3.37. The predicted molar refractivity (Wildman–Crippen MR) is 98.9 cm³/mol. The van der Waals surface area contributed by atoms with Crippen LogP contribution in [-0.4, -0.2) is 25.3 Å². The molecule has 1 amide bonds. The first-order valence-electron chi connectivity index (χ1n) is 8.10. The van der Waals surface area contributed by atoms with Gasteiger partial charge in [-0.2, -0.15) is 5.26 Å². The van der Waals surface area contributed by atoms with Crippen LogP contribution in [0.15, 0.2) is 42.5 Å². The third kappa shape index (κ3) is 4.45. The van der Waals surface area contributed by atoms with Crippen molar-refractivity contribution in [3.8, 4) is 6.07 Å². The van der Waals surface area contributed by atoms with Crippen LogP contribution in [0.25, 0.3) is 0 Å². The van der Waals surface area contributed by atoms with Crippen LogP contribution in [0.2, 0.25) is 0 Å². The van der Waals surface area contributed by atoms with E-state index in [1.807, 2.05) is 31.2 Å². The van der Waals surface area contributed by atoms with Gasteiger partial charge in [0.25, 0.3) is 0 Å². The van der Waals surface area contributed by atoms with Crippen LogP contribution < -0.4 is 10.2 Å². The van der Waals surface area contributed by atoms with Gasteiger partial charge >= 0.3 is 0 Å². The Labute approximate surface area is 147 Å². The number of rotatable bonds is 6. The molecule has 0 aliphatic heterocycles. The number of carbonyl (C=O) groups excluding carboxylic acids is 2. The Morgan fingerprint density at radius 3 is 2.56 bits per heavy atom. The molecule has 0 saturated carbocycles. The number of nitriles is 1. The molecule has 0 spiro atoms. The largest absolute Gasteiger partial charge is 0.365 e. The molecule has 0 bridgehead atoms. The van der Waals surface area contributed by atoms with E-state index in [2.05, 4.69) is 11.4 Å². The summed E-state index contributed by atoms with van der Waals surface area (Å²) >= 11 is 0. The van der Waals surface area contributed by atoms with Gasteiger partial charge < -0.3 is 10.2 Å². The molecule has 0 radical (unpaired) electrons.